The van der Waals surface area contributed by atoms with Gasteiger partial charge >= 0.3 is 0 Å². The number of aryl methyl sites for hydroxylation is 1. The van der Waals surface area contributed by atoms with E-state index in [9.17, 15) is 4.79 Å². The summed E-state index contributed by atoms with van der Waals surface area (Å²) < 4.78 is 12.0. The minimum Gasteiger partial charge on any atom is -0.338 e. The lowest BCUT2D eigenvalue weighted by molar-refractivity contribution is -0.256. The van der Waals surface area contributed by atoms with Crippen molar-refractivity contribution in [3.8, 4) is 0 Å². The second-order valence-corrected chi connectivity index (χ2v) is 7.00. The number of fused-ring (bicyclic) bond motifs is 2. The lowest BCUT2D eigenvalue weighted by Gasteiger charge is -2.32. The topological polar surface area (TPSA) is 38.8 Å². The average molecular weight is 351 g/mol. The van der Waals surface area contributed by atoms with Gasteiger partial charge in [0.05, 0.1) is 25.4 Å². The molecular formula is C22H25NO3. The first-order valence-corrected chi connectivity index (χ1v) is 9.52. The van der Waals surface area contributed by atoms with Gasteiger partial charge in [-0.05, 0) is 42.5 Å². The number of hydrogen-bond acceptors (Lipinski definition) is 3. The quantitative estimate of drug-likeness (QED) is 0.812. The van der Waals surface area contributed by atoms with Crippen LogP contribution in [0.25, 0.3) is 0 Å². The van der Waals surface area contributed by atoms with Crippen molar-refractivity contribution in [3.05, 3.63) is 65.2 Å². The summed E-state index contributed by atoms with van der Waals surface area (Å²) in [7, 11) is 0. The van der Waals surface area contributed by atoms with Crippen LogP contribution in [0, 0.1) is 0 Å². The van der Waals surface area contributed by atoms with Gasteiger partial charge in [0.25, 0.3) is 11.7 Å². The fraction of sp³-hybridized carbons (Fsp3) is 0.409. The fourth-order valence-corrected chi connectivity index (χ4v) is 3.76. The van der Waals surface area contributed by atoms with Gasteiger partial charge in [-0.15, -0.1) is 0 Å². The molecule has 2 heterocycles. The van der Waals surface area contributed by atoms with Crippen molar-refractivity contribution in [2.45, 2.75) is 44.9 Å². The van der Waals surface area contributed by atoms with E-state index in [1.807, 2.05) is 30.3 Å². The van der Waals surface area contributed by atoms with E-state index in [1.165, 1.54) is 5.56 Å². The number of nitrogens with zero attached hydrogens (tertiary/aromatic N) is 1. The summed E-state index contributed by atoms with van der Waals surface area (Å²) in [4.78, 5) is 15.2. The highest BCUT2D eigenvalue weighted by molar-refractivity contribution is 6.06. The smallest absolute Gasteiger partial charge is 0.292 e. The molecule has 1 fully saturated rings. The summed E-state index contributed by atoms with van der Waals surface area (Å²) in [6.07, 6.45) is 4.11. The largest absolute Gasteiger partial charge is 0.338 e. The van der Waals surface area contributed by atoms with Gasteiger partial charge in [0.2, 0.25) is 0 Å². The third-order valence-electron chi connectivity index (χ3n) is 5.13. The summed E-state index contributed by atoms with van der Waals surface area (Å²) in [5.74, 6) is -1.37. The van der Waals surface area contributed by atoms with Gasteiger partial charge in [-0.1, -0.05) is 49.7 Å². The molecule has 0 saturated carbocycles. The second-order valence-electron chi connectivity index (χ2n) is 7.00. The van der Waals surface area contributed by atoms with Crippen LogP contribution in [-0.4, -0.2) is 19.1 Å². The van der Waals surface area contributed by atoms with Crippen molar-refractivity contribution in [2.24, 2.45) is 0 Å². The molecule has 4 heteroatoms. The minimum absolute atomic E-state index is 0.108. The zero-order valence-corrected chi connectivity index (χ0v) is 15.2. The van der Waals surface area contributed by atoms with E-state index in [-0.39, 0.29) is 5.91 Å². The van der Waals surface area contributed by atoms with E-state index >= 15 is 0 Å². The highest BCUT2D eigenvalue weighted by atomic mass is 16.7. The van der Waals surface area contributed by atoms with Gasteiger partial charge in [0, 0.05) is 5.56 Å². The Kier molecular flexibility index (Phi) is 4.79. The Morgan fingerprint density at radius 2 is 1.81 bits per heavy atom. The summed E-state index contributed by atoms with van der Waals surface area (Å²) in [6.45, 7) is 3.80. The molecule has 0 aliphatic carbocycles. The van der Waals surface area contributed by atoms with Gasteiger partial charge in [-0.2, -0.15) is 0 Å². The number of anilines is 1. The Morgan fingerprint density at radius 3 is 2.54 bits per heavy atom. The number of amides is 1. The number of hydrogen-bond donors (Lipinski definition) is 0. The molecule has 0 atom stereocenters. The SMILES string of the molecule is CCCCc1ccc2c(c1)C1(OCCCO1)C(=O)N2Cc1ccccc1. The highest BCUT2D eigenvalue weighted by Crippen LogP contribution is 2.46. The second kappa shape index (κ2) is 7.22. The molecule has 26 heavy (non-hydrogen) atoms. The first-order valence-electron chi connectivity index (χ1n) is 9.52. The van der Waals surface area contributed by atoms with Crippen molar-refractivity contribution in [3.63, 3.8) is 0 Å². The first kappa shape index (κ1) is 17.3. The maximum Gasteiger partial charge on any atom is 0.292 e. The van der Waals surface area contributed by atoms with Crippen molar-refractivity contribution >= 4 is 11.6 Å². The standard InChI is InChI=1S/C22H25NO3/c1-2-3-8-17-11-12-20-19(15-17)22(25-13-7-14-26-22)21(24)23(20)16-18-9-5-4-6-10-18/h4-6,9-12,15H,2-3,7-8,13-14,16H2,1H3. The summed E-state index contributed by atoms with van der Waals surface area (Å²) in [6, 6.07) is 16.3. The molecule has 0 bridgehead atoms. The lowest BCUT2D eigenvalue weighted by Crippen LogP contribution is -2.47. The zero-order valence-electron chi connectivity index (χ0n) is 15.2. The van der Waals surface area contributed by atoms with Crippen molar-refractivity contribution in [2.75, 3.05) is 18.1 Å². The molecular weight excluding hydrogens is 326 g/mol. The Balaban J connectivity index is 1.73. The highest BCUT2D eigenvalue weighted by Gasteiger charge is 2.54. The van der Waals surface area contributed by atoms with E-state index in [0.29, 0.717) is 19.8 Å². The molecule has 2 aromatic carbocycles. The van der Waals surface area contributed by atoms with Crippen LogP contribution < -0.4 is 4.90 Å². The third-order valence-corrected chi connectivity index (χ3v) is 5.13. The van der Waals surface area contributed by atoms with Crippen LogP contribution in [-0.2, 0) is 33.0 Å². The Bertz CT molecular complexity index is 781. The maximum absolute atomic E-state index is 13.3. The number of unbranched alkanes of at least 4 members (excludes halogenated alkanes) is 1. The molecule has 0 N–H and O–H groups in total. The van der Waals surface area contributed by atoms with Crippen LogP contribution in [0.4, 0.5) is 5.69 Å². The van der Waals surface area contributed by atoms with E-state index in [1.54, 1.807) is 4.90 Å². The molecule has 0 unspecified atom stereocenters. The predicted molar refractivity (Wildman–Crippen MR) is 101 cm³/mol. The number of ether oxygens (including phenoxy) is 2. The van der Waals surface area contributed by atoms with Crippen molar-refractivity contribution in [1.82, 2.24) is 0 Å². The maximum atomic E-state index is 13.3. The molecule has 2 aliphatic rings. The molecule has 2 aliphatic heterocycles. The Morgan fingerprint density at radius 1 is 1.04 bits per heavy atom. The molecule has 1 amide bonds. The number of carbonyl (C=O) groups excluding carboxylic acids is 1. The molecule has 4 nitrogen and oxygen atoms in total. The van der Waals surface area contributed by atoms with E-state index < -0.39 is 5.79 Å². The van der Waals surface area contributed by atoms with E-state index in [4.69, 9.17) is 9.47 Å². The van der Waals surface area contributed by atoms with Crippen LogP contribution in [0.5, 0.6) is 0 Å². The molecule has 1 saturated heterocycles. The average Bonchev–Trinajstić information content (AvgIpc) is 2.90. The van der Waals surface area contributed by atoms with Crippen LogP contribution in [0.2, 0.25) is 0 Å². The molecule has 4 rings (SSSR count). The molecule has 2 aromatic rings. The fourth-order valence-electron chi connectivity index (χ4n) is 3.76. The summed E-state index contributed by atoms with van der Waals surface area (Å²) >= 11 is 0. The van der Waals surface area contributed by atoms with Gasteiger partial charge in [0.1, 0.15) is 0 Å². The third kappa shape index (κ3) is 2.93. The normalized spacial score (nSPS) is 18.3. The first-order chi connectivity index (χ1) is 12.7. The monoisotopic (exact) mass is 351 g/mol. The van der Waals surface area contributed by atoms with Gasteiger partial charge in [0.15, 0.2) is 0 Å². The van der Waals surface area contributed by atoms with Crippen LogP contribution in [0.15, 0.2) is 48.5 Å². The van der Waals surface area contributed by atoms with Crippen LogP contribution >= 0.6 is 0 Å². The van der Waals surface area contributed by atoms with Gasteiger partial charge in [-0.3, -0.25) is 4.79 Å². The lowest BCUT2D eigenvalue weighted by atomic mass is 10.00. The number of benzene rings is 2. The number of carbonyl (C=O) groups is 1. The summed E-state index contributed by atoms with van der Waals surface area (Å²) in [5, 5.41) is 0. The number of rotatable bonds is 5. The molecule has 0 aromatic heterocycles. The van der Waals surface area contributed by atoms with Crippen LogP contribution in [0.1, 0.15) is 42.9 Å². The Hall–Kier alpha value is -2.17. The van der Waals surface area contributed by atoms with E-state index in [2.05, 4.69) is 25.1 Å². The molecule has 136 valence electrons. The Labute approximate surface area is 154 Å². The summed E-state index contributed by atoms with van der Waals surface area (Å²) in [5.41, 5.74) is 4.10. The van der Waals surface area contributed by atoms with Gasteiger partial charge in [-0.25, -0.2) is 0 Å². The molecule has 0 radical (unpaired) electrons. The van der Waals surface area contributed by atoms with Crippen molar-refractivity contribution in [1.29, 1.82) is 0 Å². The van der Waals surface area contributed by atoms with Gasteiger partial charge < -0.3 is 14.4 Å². The minimum atomic E-state index is -1.26. The van der Waals surface area contributed by atoms with Crippen LogP contribution in [0.3, 0.4) is 0 Å². The predicted octanol–water partition coefficient (Wildman–Crippen LogP) is 4.17. The molecule has 1 spiro atoms. The van der Waals surface area contributed by atoms with E-state index in [0.717, 1.165) is 42.5 Å². The zero-order chi connectivity index (χ0) is 18.0. The van der Waals surface area contributed by atoms with Crippen molar-refractivity contribution < 1.29 is 14.3 Å².